The van der Waals surface area contributed by atoms with Crippen LogP contribution in [0.5, 0.6) is 0 Å². The third-order valence-electron chi connectivity index (χ3n) is 4.96. The van der Waals surface area contributed by atoms with E-state index < -0.39 is 16.1 Å². The number of rotatable bonds is 5. The molecule has 3 aromatic rings. The fourth-order valence-electron chi connectivity index (χ4n) is 3.29. The average Bonchev–Trinajstić information content (AvgIpc) is 3.29. The van der Waals surface area contributed by atoms with Crippen LogP contribution in [-0.2, 0) is 14.8 Å². The van der Waals surface area contributed by atoms with E-state index in [1.54, 1.807) is 19.1 Å². The molecular formula is C21H20N2O3S2. The first-order chi connectivity index (χ1) is 13.3. The number of fused-ring (bicyclic) bond motifs is 1. The number of nitrogens with one attached hydrogen (secondary N) is 2. The van der Waals surface area contributed by atoms with Crippen LogP contribution in [0.4, 0.5) is 5.69 Å². The monoisotopic (exact) mass is 412 g/mol. The van der Waals surface area contributed by atoms with Crippen LogP contribution in [0.15, 0.2) is 64.9 Å². The molecule has 0 saturated carbocycles. The fraction of sp³-hybridized carbons (Fsp3) is 0.190. The molecule has 2 atom stereocenters. The summed E-state index contributed by atoms with van der Waals surface area (Å²) >= 11 is 1.51. The summed E-state index contributed by atoms with van der Waals surface area (Å²) in [4.78, 5) is 12.9. The Kier molecular flexibility index (Phi) is 4.82. The first-order valence-electron chi connectivity index (χ1n) is 8.92. The van der Waals surface area contributed by atoms with E-state index in [-0.39, 0.29) is 16.7 Å². The third kappa shape index (κ3) is 3.48. The number of sulfonamides is 1. The van der Waals surface area contributed by atoms with Crippen molar-refractivity contribution in [3.05, 3.63) is 81.5 Å². The normalized spacial score (nSPS) is 17.2. The number of carbonyl (C=O) groups is 1. The number of hydrogen-bond donors (Lipinski definition) is 2. The highest BCUT2D eigenvalue weighted by Crippen LogP contribution is 2.34. The summed E-state index contributed by atoms with van der Waals surface area (Å²) in [5.74, 6) is -0.482. The molecule has 2 aromatic carbocycles. The van der Waals surface area contributed by atoms with E-state index in [0.29, 0.717) is 11.3 Å². The van der Waals surface area contributed by atoms with Gasteiger partial charge >= 0.3 is 0 Å². The van der Waals surface area contributed by atoms with Gasteiger partial charge in [-0.3, -0.25) is 4.79 Å². The third-order valence-corrected chi connectivity index (χ3v) is 7.32. The van der Waals surface area contributed by atoms with Gasteiger partial charge in [-0.2, -0.15) is 4.72 Å². The second-order valence-corrected chi connectivity index (χ2v) is 9.63. The first-order valence-corrected chi connectivity index (χ1v) is 11.3. The second-order valence-electron chi connectivity index (χ2n) is 6.94. The van der Waals surface area contributed by atoms with Gasteiger partial charge in [-0.25, -0.2) is 8.42 Å². The van der Waals surface area contributed by atoms with Crippen molar-refractivity contribution < 1.29 is 13.2 Å². The quantitative estimate of drug-likeness (QED) is 0.660. The smallest absolute Gasteiger partial charge is 0.241 e. The molecule has 1 aliphatic rings. The minimum absolute atomic E-state index is 0.117. The number of carbonyl (C=O) groups excluding carboxylic acids is 1. The largest absolute Gasteiger partial charge is 0.325 e. The Morgan fingerprint density at radius 3 is 2.54 bits per heavy atom. The van der Waals surface area contributed by atoms with E-state index in [1.807, 2.05) is 48.7 Å². The molecule has 0 radical (unpaired) electrons. The van der Waals surface area contributed by atoms with Gasteiger partial charge < -0.3 is 5.32 Å². The average molecular weight is 413 g/mol. The molecule has 7 heteroatoms. The van der Waals surface area contributed by atoms with E-state index in [1.165, 1.54) is 17.4 Å². The molecule has 0 unspecified atom stereocenters. The maximum Gasteiger partial charge on any atom is 0.241 e. The Hall–Kier alpha value is -2.48. The number of aryl methyl sites for hydroxylation is 1. The van der Waals surface area contributed by atoms with E-state index in [0.717, 1.165) is 16.0 Å². The van der Waals surface area contributed by atoms with Crippen LogP contribution in [0, 0.1) is 6.92 Å². The molecule has 2 N–H and O–H groups in total. The molecule has 0 bridgehead atoms. The molecule has 5 nitrogen and oxygen atoms in total. The van der Waals surface area contributed by atoms with Crippen molar-refractivity contribution in [1.82, 2.24) is 4.72 Å². The van der Waals surface area contributed by atoms with Gasteiger partial charge in [-0.1, -0.05) is 35.9 Å². The number of amides is 1. The fourth-order valence-corrected chi connectivity index (χ4v) is 5.41. The van der Waals surface area contributed by atoms with Crippen LogP contribution in [-0.4, -0.2) is 14.3 Å². The van der Waals surface area contributed by atoms with E-state index in [9.17, 15) is 13.2 Å². The van der Waals surface area contributed by atoms with Crippen molar-refractivity contribution in [2.24, 2.45) is 0 Å². The lowest BCUT2D eigenvalue weighted by molar-refractivity contribution is -0.116. The van der Waals surface area contributed by atoms with Gasteiger partial charge in [-0.05, 0) is 54.6 Å². The first kappa shape index (κ1) is 18.9. The SMILES string of the molecule is Cc1ccc([C@H](NS(=O)(=O)c2ccc3c(c2)[C@H](C)C(=O)N3)c2cccs2)cc1. The molecule has 0 aliphatic carbocycles. The van der Waals surface area contributed by atoms with Crippen LogP contribution in [0.3, 0.4) is 0 Å². The molecular weight excluding hydrogens is 392 g/mol. The lowest BCUT2D eigenvalue weighted by atomic mass is 10.0. The zero-order valence-corrected chi connectivity index (χ0v) is 17.1. The molecule has 1 aliphatic heterocycles. The van der Waals surface area contributed by atoms with E-state index in [4.69, 9.17) is 0 Å². The van der Waals surface area contributed by atoms with Crippen LogP contribution in [0.1, 0.15) is 40.5 Å². The Morgan fingerprint density at radius 2 is 1.86 bits per heavy atom. The van der Waals surface area contributed by atoms with Gasteiger partial charge in [0.1, 0.15) is 0 Å². The number of thiophene rings is 1. The van der Waals surface area contributed by atoms with Crippen molar-refractivity contribution in [3.8, 4) is 0 Å². The van der Waals surface area contributed by atoms with Crippen molar-refractivity contribution in [2.45, 2.75) is 30.7 Å². The summed E-state index contributed by atoms with van der Waals surface area (Å²) in [6, 6.07) is 15.9. The van der Waals surface area contributed by atoms with Crippen molar-refractivity contribution >= 4 is 33.0 Å². The highest BCUT2D eigenvalue weighted by molar-refractivity contribution is 7.89. The molecule has 1 aromatic heterocycles. The van der Waals surface area contributed by atoms with Crippen LogP contribution < -0.4 is 10.0 Å². The molecule has 0 saturated heterocycles. The van der Waals surface area contributed by atoms with E-state index in [2.05, 4.69) is 10.0 Å². The van der Waals surface area contributed by atoms with Crippen molar-refractivity contribution in [2.75, 3.05) is 5.32 Å². The lowest BCUT2D eigenvalue weighted by Crippen LogP contribution is -2.29. The molecule has 144 valence electrons. The molecule has 0 fully saturated rings. The van der Waals surface area contributed by atoms with Crippen LogP contribution in [0.2, 0.25) is 0 Å². The minimum atomic E-state index is -3.79. The Labute approximate surface area is 168 Å². The molecule has 28 heavy (non-hydrogen) atoms. The van der Waals surface area contributed by atoms with Crippen molar-refractivity contribution in [1.29, 1.82) is 0 Å². The highest BCUT2D eigenvalue weighted by Gasteiger charge is 2.30. The molecule has 2 heterocycles. The summed E-state index contributed by atoms with van der Waals surface area (Å²) < 4.78 is 29.2. The zero-order chi connectivity index (χ0) is 19.9. The zero-order valence-electron chi connectivity index (χ0n) is 15.5. The maximum atomic E-state index is 13.2. The van der Waals surface area contributed by atoms with Gasteiger partial charge in [0.05, 0.1) is 16.9 Å². The maximum absolute atomic E-state index is 13.2. The van der Waals surface area contributed by atoms with Gasteiger partial charge in [0.15, 0.2) is 0 Å². The second kappa shape index (κ2) is 7.16. The number of anilines is 1. The van der Waals surface area contributed by atoms with Gasteiger partial charge in [0, 0.05) is 10.6 Å². The standard InChI is InChI=1S/C21H20N2O3S2/c1-13-5-7-15(8-6-13)20(19-4-3-11-27-19)23-28(25,26)16-9-10-18-17(12-16)14(2)21(24)22-18/h3-12,14,20,23H,1-2H3,(H,22,24)/t14-,20-/m0/s1. The number of hydrogen-bond acceptors (Lipinski definition) is 4. The molecule has 4 rings (SSSR count). The Morgan fingerprint density at radius 1 is 1.11 bits per heavy atom. The summed E-state index contributed by atoms with van der Waals surface area (Å²) in [5.41, 5.74) is 3.37. The summed E-state index contributed by atoms with van der Waals surface area (Å²) in [6.07, 6.45) is 0. The predicted octanol–water partition coefficient (Wildman–Crippen LogP) is 4.18. The number of benzene rings is 2. The van der Waals surface area contributed by atoms with Gasteiger partial charge in [0.2, 0.25) is 15.9 Å². The van der Waals surface area contributed by atoms with Crippen molar-refractivity contribution in [3.63, 3.8) is 0 Å². The van der Waals surface area contributed by atoms with Gasteiger partial charge in [-0.15, -0.1) is 11.3 Å². The lowest BCUT2D eigenvalue weighted by Gasteiger charge is -2.19. The van der Waals surface area contributed by atoms with E-state index >= 15 is 0 Å². The highest BCUT2D eigenvalue weighted by atomic mass is 32.2. The molecule has 1 amide bonds. The summed E-state index contributed by atoms with van der Waals surface area (Å²) in [5, 5.41) is 4.70. The Balaban J connectivity index is 1.71. The van der Waals surface area contributed by atoms with Crippen LogP contribution in [0.25, 0.3) is 0 Å². The Bertz CT molecular complexity index is 1120. The van der Waals surface area contributed by atoms with Gasteiger partial charge in [0.25, 0.3) is 0 Å². The summed E-state index contributed by atoms with van der Waals surface area (Å²) in [6.45, 7) is 3.76. The van der Waals surface area contributed by atoms with Crippen LogP contribution >= 0.6 is 11.3 Å². The minimum Gasteiger partial charge on any atom is -0.325 e. The molecule has 0 spiro atoms. The summed E-state index contributed by atoms with van der Waals surface area (Å²) in [7, 11) is -3.79. The topological polar surface area (TPSA) is 75.3 Å². The predicted molar refractivity (Wildman–Crippen MR) is 111 cm³/mol.